The maximum absolute atomic E-state index is 7.02. The second kappa shape index (κ2) is 1.46. The number of hydrogen-bond acceptors (Lipinski definition) is 3. The van der Waals surface area contributed by atoms with Gasteiger partial charge in [0.1, 0.15) is 6.33 Å². The van der Waals surface area contributed by atoms with Crippen LogP contribution in [-0.2, 0) is 7.05 Å². The molecule has 3 nitrogen and oxygen atoms in total. The second-order valence-corrected chi connectivity index (χ2v) is 2.01. The number of nitrogens with zero attached hydrogens (tertiary/aromatic N) is 2. The third kappa shape index (κ3) is 0.691. The van der Waals surface area contributed by atoms with Crippen LogP contribution in [0.1, 0.15) is 0 Å². The van der Waals surface area contributed by atoms with Gasteiger partial charge in [0.05, 0.1) is 0 Å². The van der Waals surface area contributed by atoms with Crippen LogP contribution in [0.2, 0.25) is 0 Å². The third-order valence-electron chi connectivity index (χ3n) is 0.680. The van der Waals surface area contributed by atoms with Crippen LogP contribution in [0, 0.1) is 5.41 Å². The van der Waals surface area contributed by atoms with E-state index in [1.54, 1.807) is 17.9 Å². The van der Waals surface area contributed by atoms with Gasteiger partial charge in [0.15, 0.2) is 0 Å². The van der Waals surface area contributed by atoms with E-state index in [1.165, 1.54) is 11.5 Å². The standard InChI is InChI=1S/C3H5N3S/c1-6-2-5-7-3(6)4/h2,4H,1H3. The first-order valence-corrected chi connectivity index (χ1v) is 2.60. The molecule has 4 heteroatoms. The average Bonchev–Trinajstić information content (AvgIpc) is 1.91. The number of aryl methyl sites for hydroxylation is 1. The normalized spacial score (nSPS) is 9.29. The predicted octanol–water partition coefficient (Wildman–Crippen LogP) is -0.0389. The zero-order chi connectivity index (χ0) is 5.28. The Hall–Kier alpha value is -0.640. The van der Waals surface area contributed by atoms with Gasteiger partial charge in [0.25, 0.3) is 0 Å². The highest BCUT2D eigenvalue weighted by Crippen LogP contribution is 1.73. The van der Waals surface area contributed by atoms with Gasteiger partial charge in [0, 0.05) is 18.6 Å². The van der Waals surface area contributed by atoms with Gasteiger partial charge in [-0.1, -0.05) is 0 Å². The van der Waals surface area contributed by atoms with Crippen LogP contribution >= 0.6 is 11.5 Å². The molecule has 1 heterocycles. The topological polar surface area (TPSA) is 41.7 Å². The lowest BCUT2D eigenvalue weighted by Gasteiger charge is -1.77. The van der Waals surface area contributed by atoms with Crippen LogP contribution in [0.3, 0.4) is 0 Å². The molecule has 0 unspecified atom stereocenters. The van der Waals surface area contributed by atoms with Crippen molar-refractivity contribution in [1.82, 2.24) is 8.94 Å². The van der Waals surface area contributed by atoms with Crippen molar-refractivity contribution in [1.29, 1.82) is 5.41 Å². The fourth-order valence-corrected chi connectivity index (χ4v) is 0.725. The summed E-state index contributed by atoms with van der Waals surface area (Å²) in [6.45, 7) is 0. The first-order valence-electron chi connectivity index (χ1n) is 1.82. The fraction of sp³-hybridized carbons (Fsp3) is 0.333. The van der Waals surface area contributed by atoms with E-state index in [9.17, 15) is 0 Å². The Balaban J connectivity index is 3.39. The second-order valence-electron chi connectivity index (χ2n) is 1.23. The molecule has 0 aromatic carbocycles. The molecule has 0 spiro atoms. The van der Waals surface area contributed by atoms with Crippen molar-refractivity contribution in [3.05, 3.63) is 11.1 Å². The Bertz CT molecular complexity index is 198. The lowest BCUT2D eigenvalue weighted by atomic mass is 11.1. The summed E-state index contributed by atoms with van der Waals surface area (Å²) >= 11 is 1.18. The summed E-state index contributed by atoms with van der Waals surface area (Å²) in [5, 5.41) is 7.02. The zero-order valence-electron chi connectivity index (χ0n) is 3.88. The number of hydrogen-bond donors (Lipinski definition) is 1. The Morgan fingerprint density at radius 2 is 2.71 bits per heavy atom. The highest BCUT2D eigenvalue weighted by Gasteiger charge is 1.80. The summed E-state index contributed by atoms with van der Waals surface area (Å²) in [5.41, 5.74) is 0. The molecule has 1 aromatic rings. The average molecular weight is 115 g/mol. The smallest absolute Gasteiger partial charge is 0.200 e. The van der Waals surface area contributed by atoms with Crippen molar-refractivity contribution >= 4 is 11.5 Å². The Labute approximate surface area is 44.9 Å². The number of nitrogens with one attached hydrogen (secondary N) is 1. The summed E-state index contributed by atoms with van der Waals surface area (Å²) in [5.74, 6) is 0. The van der Waals surface area contributed by atoms with E-state index in [4.69, 9.17) is 5.41 Å². The van der Waals surface area contributed by atoms with Gasteiger partial charge >= 0.3 is 0 Å². The Morgan fingerprint density at radius 3 is 2.86 bits per heavy atom. The minimum atomic E-state index is 0.486. The van der Waals surface area contributed by atoms with Crippen molar-refractivity contribution in [2.45, 2.75) is 0 Å². The predicted molar refractivity (Wildman–Crippen MR) is 26.9 cm³/mol. The minimum Gasteiger partial charge on any atom is -0.310 e. The summed E-state index contributed by atoms with van der Waals surface area (Å²) in [4.78, 5) is 0.486. The quantitative estimate of drug-likeness (QED) is 0.506. The summed E-state index contributed by atoms with van der Waals surface area (Å²) in [7, 11) is 1.80. The molecule has 38 valence electrons. The van der Waals surface area contributed by atoms with E-state index in [0.717, 1.165) is 0 Å². The Morgan fingerprint density at radius 1 is 2.00 bits per heavy atom. The molecule has 7 heavy (non-hydrogen) atoms. The fourth-order valence-electron chi connectivity index (χ4n) is 0.261. The van der Waals surface area contributed by atoms with E-state index < -0.39 is 0 Å². The molecule has 1 aromatic heterocycles. The van der Waals surface area contributed by atoms with E-state index >= 15 is 0 Å². The van der Waals surface area contributed by atoms with Crippen molar-refractivity contribution in [3.63, 3.8) is 0 Å². The van der Waals surface area contributed by atoms with Crippen LogP contribution in [-0.4, -0.2) is 8.94 Å². The van der Waals surface area contributed by atoms with Gasteiger partial charge in [-0.15, -0.1) is 0 Å². The van der Waals surface area contributed by atoms with E-state index in [-0.39, 0.29) is 0 Å². The van der Waals surface area contributed by atoms with Crippen molar-refractivity contribution < 1.29 is 0 Å². The van der Waals surface area contributed by atoms with Gasteiger partial charge < -0.3 is 4.57 Å². The van der Waals surface area contributed by atoms with Gasteiger partial charge in [-0.25, -0.2) is 0 Å². The molecule has 0 aliphatic heterocycles. The zero-order valence-corrected chi connectivity index (χ0v) is 4.70. The molecule has 1 N–H and O–H groups in total. The molecule has 0 aliphatic carbocycles. The molecule has 0 aliphatic rings. The molecule has 1 rings (SSSR count). The third-order valence-corrected chi connectivity index (χ3v) is 1.34. The van der Waals surface area contributed by atoms with E-state index in [2.05, 4.69) is 4.37 Å². The summed E-state index contributed by atoms with van der Waals surface area (Å²) in [6.07, 6.45) is 1.62. The van der Waals surface area contributed by atoms with Crippen LogP contribution in [0.15, 0.2) is 6.33 Å². The first kappa shape index (κ1) is 4.52. The van der Waals surface area contributed by atoms with Crippen LogP contribution in [0.4, 0.5) is 0 Å². The van der Waals surface area contributed by atoms with Crippen molar-refractivity contribution in [2.24, 2.45) is 7.05 Å². The maximum Gasteiger partial charge on any atom is 0.200 e. The Kier molecular flexibility index (Phi) is 0.941. The van der Waals surface area contributed by atoms with Crippen LogP contribution in [0.5, 0.6) is 0 Å². The molecule has 0 saturated heterocycles. The van der Waals surface area contributed by atoms with Crippen LogP contribution < -0.4 is 4.80 Å². The lowest BCUT2D eigenvalue weighted by Crippen LogP contribution is -2.05. The van der Waals surface area contributed by atoms with Gasteiger partial charge in [-0.2, -0.15) is 4.37 Å². The van der Waals surface area contributed by atoms with Crippen molar-refractivity contribution in [2.75, 3.05) is 0 Å². The summed E-state index contributed by atoms with van der Waals surface area (Å²) < 4.78 is 5.40. The SMILES string of the molecule is Cn1cnsc1=N. The molecule has 0 atom stereocenters. The molecule has 0 bridgehead atoms. The van der Waals surface area contributed by atoms with E-state index in [0.29, 0.717) is 4.80 Å². The molecular formula is C3H5N3S. The monoisotopic (exact) mass is 115 g/mol. The number of rotatable bonds is 0. The van der Waals surface area contributed by atoms with Gasteiger partial charge in [-0.3, -0.25) is 5.41 Å². The maximum atomic E-state index is 7.02. The number of aromatic nitrogens is 2. The van der Waals surface area contributed by atoms with Gasteiger partial charge in [-0.05, 0) is 0 Å². The molecule has 0 fully saturated rings. The molecule has 0 amide bonds. The molecular weight excluding hydrogens is 110 g/mol. The highest BCUT2D eigenvalue weighted by molar-refractivity contribution is 7.02. The molecule has 0 saturated carbocycles. The highest BCUT2D eigenvalue weighted by atomic mass is 32.1. The lowest BCUT2D eigenvalue weighted by molar-refractivity contribution is 0.845. The van der Waals surface area contributed by atoms with Crippen LogP contribution in [0.25, 0.3) is 0 Å². The van der Waals surface area contributed by atoms with Gasteiger partial charge in [0.2, 0.25) is 4.80 Å². The largest absolute Gasteiger partial charge is 0.310 e. The van der Waals surface area contributed by atoms with Crippen molar-refractivity contribution in [3.8, 4) is 0 Å². The summed E-state index contributed by atoms with van der Waals surface area (Å²) in [6, 6.07) is 0. The van der Waals surface area contributed by atoms with E-state index in [1.807, 2.05) is 0 Å². The molecule has 0 radical (unpaired) electrons. The first-order chi connectivity index (χ1) is 3.30. The minimum absolute atomic E-state index is 0.486.